The average molecular weight is 346 g/mol. The smallest absolute Gasteiger partial charge is 0.309 e. The van der Waals surface area contributed by atoms with E-state index < -0.39 is 15.9 Å². The van der Waals surface area contributed by atoms with Crippen LogP contribution in [0.3, 0.4) is 0 Å². The molecule has 1 aliphatic rings. The molecule has 1 atom stereocenters. The van der Waals surface area contributed by atoms with Crippen molar-refractivity contribution in [3.05, 3.63) is 29.3 Å². The Kier molecular flexibility index (Phi) is 5.47. The Bertz CT molecular complexity index is 625. The van der Waals surface area contributed by atoms with Gasteiger partial charge in [-0.2, -0.15) is 4.31 Å². The zero-order valence-corrected chi connectivity index (χ0v) is 14.2. The van der Waals surface area contributed by atoms with E-state index in [9.17, 15) is 13.2 Å². The number of carbonyl (C=O) groups excluding carboxylic acids is 1. The second kappa shape index (κ2) is 6.98. The van der Waals surface area contributed by atoms with Crippen molar-refractivity contribution >= 4 is 27.6 Å². The summed E-state index contributed by atoms with van der Waals surface area (Å²) in [7, 11) is -3.63. The van der Waals surface area contributed by atoms with Crippen molar-refractivity contribution < 1.29 is 17.9 Å². The Labute approximate surface area is 136 Å². The number of rotatable bonds is 7. The van der Waals surface area contributed by atoms with Crippen LogP contribution in [0, 0.1) is 5.92 Å². The lowest BCUT2D eigenvalue weighted by atomic mass is 10.2. The predicted molar refractivity (Wildman–Crippen MR) is 84.2 cm³/mol. The minimum Gasteiger partial charge on any atom is -0.466 e. The molecule has 0 aromatic heterocycles. The van der Waals surface area contributed by atoms with E-state index in [1.807, 2.05) is 0 Å². The van der Waals surface area contributed by atoms with Gasteiger partial charge in [0.15, 0.2) is 0 Å². The third kappa shape index (κ3) is 4.00. The van der Waals surface area contributed by atoms with E-state index in [0.717, 1.165) is 12.8 Å². The molecule has 1 unspecified atom stereocenters. The van der Waals surface area contributed by atoms with Crippen LogP contribution < -0.4 is 0 Å². The van der Waals surface area contributed by atoms with E-state index in [4.69, 9.17) is 16.3 Å². The van der Waals surface area contributed by atoms with Gasteiger partial charge in [0.05, 0.1) is 17.4 Å². The highest BCUT2D eigenvalue weighted by Crippen LogP contribution is 2.33. The van der Waals surface area contributed by atoms with Gasteiger partial charge in [-0.1, -0.05) is 18.5 Å². The first-order valence-electron chi connectivity index (χ1n) is 7.30. The lowest BCUT2D eigenvalue weighted by Crippen LogP contribution is -2.39. The number of carbonyl (C=O) groups is 1. The van der Waals surface area contributed by atoms with Crippen LogP contribution in [0.5, 0.6) is 0 Å². The maximum atomic E-state index is 12.8. The molecule has 0 spiro atoms. The molecule has 2 rings (SSSR count). The molecule has 1 aromatic rings. The van der Waals surface area contributed by atoms with Crippen LogP contribution in [0.2, 0.25) is 5.02 Å². The van der Waals surface area contributed by atoms with Crippen LogP contribution in [-0.4, -0.2) is 37.9 Å². The molecule has 0 radical (unpaired) electrons. The van der Waals surface area contributed by atoms with E-state index in [1.54, 1.807) is 26.0 Å². The molecule has 1 fully saturated rings. The molecule has 0 N–H and O–H groups in total. The second-order valence-corrected chi connectivity index (χ2v) is 7.74. The molecule has 5 nitrogen and oxygen atoms in total. The Hall–Kier alpha value is -1.11. The molecular weight excluding hydrogens is 326 g/mol. The molecule has 0 saturated heterocycles. The highest BCUT2D eigenvalue weighted by Gasteiger charge is 2.39. The number of sulfonamides is 1. The molecule has 0 amide bonds. The molecule has 1 aromatic carbocycles. The van der Waals surface area contributed by atoms with Crippen molar-refractivity contribution in [1.29, 1.82) is 0 Å². The molecule has 1 saturated carbocycles. The summed E-state index contributed by atoms with van der Waals surface area (Å²) in [4.78, 5) is 12.0. The van der Waals surface area contributed by atoms with Gasteiger partial charge in [-0.05, 0) is 44.0 Å². The first-order chi connectivity index (χ1) is 10.4. The van der Waals surface area contributed by atoms with Gasteiger partial charge in [0.2, 0.25) is 10.0 Å². The first-order valence-corrected chi connectivity index (χ1v) is 9.12. The Morgan fingerprint density at radius 1 is 1.36 bits per heavy atom. The maximum Gasteiger partial charge on any atom is 0.309 e. The normalized spacial score (nSPS) is 16.5. The number of halogens is 1. The highest BCUT2D eigenvalue weighted by molar-refractivity contribution is 7.89. The van der Waals surface area contributed by atoms with Crippen LogP contribution in [0.4, 0.5) is 0 Å². The third-order valence-electron chi connectivity index (χ3n) is 3.52. The van der Waals surface area contributed by atoms with Gasteiger partial charge in [-0.15, -0.1) is 0 Å². The van der Waals surface area contributed by atoms with Crippen molar-refractivity contribution in [3.63, 3.8) is 0 Å². The number of esters is 1. The molecule has 22 heavy (non-hydrogen) atoms. The average Bonchev–Trinajstić information content (AvgIpc) is 3.29. The summed E-state index contributed by atoms with van der Waals surface area (Å²) in [5.41, 5.74) is 0. The molecular formula is C15H20ClNO4S. The van der Waals surface area contributed by atoms with Gasteiger partial charge in [0, 0.05) is 17.6 Å². The first kappa shape index (κ1) is 17.2. The summed E-state index contributed by atoms with van der Waals surface area (Å²) in [6, 6.07) is 6.05. The summed E-state index contributed by atoms with van der Waals surface area (Å²) in [5.74, 6) is -0.873. The van der Waals surface area contributed by atoms with Crippen LogP contribution >= 0.6 is 11.6 Å². The van der Waals surface area contributed by atoms with E-state index in [2.05, 4.69) is 0 Å². The lowest BCUT2D eigenvalue weighted by Gasteiger charge is -2.24. The number of hydrogen-bond acceptors (Lipinski definition) is 4. The zero-order chi connectivity index (χ0) is 16.3. The maximum absolute atomic E-state index is 12.8. The van der Waals surface area contributed by atoms with Crippen LogP contribution in [0.1, 0.15) is 26.7 Å². The second-order valence-electron chi connectivity index (χ2n) is 5.41. The van der Waals surface area contributed by atoms with E-state index in [0.29, 0.717) is 5.02 Å². The minimum atomic E-state index is -3.63. The molecule has 122 valence electrons. The molecule has 1 aliphatic carbocycles. The van der Waals surface area contributed by atoms with Gasteiger partial charge in [-0.3, -0.25) is 4.79 Å². The Morgan fingerprint density at radius 3 is 2.45 bits per heavy atom. The van der Waals surface area contributed by atoms with E-state index >= 15 is 0 Å². The van der Waals surface area contributed by atoms with Gasteiger partial charge < -0.3 is 4.74 Å². The van der Waals surface area contributed by atoms with Crippen molar-refractivity contribution in [1.82, 2.24) is 4.31 Å². The van der Waals surface area contributed by atoms with Gasteiger partial charge in [0.1, 0.15) is 0 Å². The Balaban J connectivity index is 2.20. The SMILES string of the molecule is CCOC(=O)C(C)CN(C1CC1)S(=O)(=O)c1ccc(Cl)cc1. The van der Waals surface area contributed by atoms with Crippen molar-refractivity contribution in [3.8, 4) is 0 Å². The largest absolute Gasteiger partial charge is 0.466 e. The monoisotopic (exact) mass is 345 g/mol. The van der Waals surface area contributed by atoms with Crippen molar-refractivity contribution in [2.45, 2.75) is 37.6 Å². The molecule has 0 bridgehead atoms. The Morgan fingerprint density at radius 2 is 1.95 bits per heavy atom. The minimum absolute atomic E-state index is 0.0300. The number of hydrogen-bond donors (Lipinski definition) is 0. The summed E-state index contributed by atoms with van der Waals surface area (Å²) < 4.78 is 31.9. The fraction of sp³-hybridized carbons (Fsp3) is 0.533. The lowest BCUT2D eigenvalue weighted by molar-refractivity contribution is -0.147. The highest BCUT2D eigenvalue weighted by atomic mass is 35.5. The molecule has 0 heterocycles. The summed E-state index contributed by atoms with van der Waals surface area (Å²) in [6.07, 6.45) is 1.64. The predicted octanol–water partition coefficient (Wildman–Crippen LogP) is 2.69. The van der Waals surface area contributed by atoms with Crippen molar-refractivity contribution in [2.24, 2.45) is 5.92 Å². The summed E-state index contributed by atoms with van der Waals surface area (Å²) in [5, 5.41) is 0.483. The summed E-state index contributed by atoms with van der Waals surface area (Å²) >= 11 is 5.81. The fourth-order valence-electron chi connectivity index (χ4n) is 2.18. The topological polar surface area (TPSA) is 63.7 Å². The van der Waals surface area contributed by atoms with Gasteiger partial charge >= 0.3 is 5.97 Å². The number of ether oxygens (including phenoxy) is 1. The summed E-state index contributed by atoms with van der Waals surface area (Å²) in [6.45, 7) is 3.84. The third-order valence-corrected chi connectivity index (χ3v) is 5.70. The molecule has 7 heteroatoms. The number of nitrogens with zero attached hydrogens (tertiary/aromatic N) is 1. The van der Waals surface area contributed by atoms with Crippen molar-refractivity contribution in [2.75, 3.05) is 13.2 Å². The zero-order valence-electron chi connectivity index (χ0n) is 12.7. The van der Waals surface area contributed by atoms with Crippen LogP contribution in [0.25, 0.3) is 0 Å². The number of benzene rings is 1. The van der Waals surface area contributed by atoms with Gasteiger partial charge in [0.25, 0.3) is 0 Å². The van der Waals surface area contributed by atoms with E-state index in [-0.39, 0.29) is 30.1 Å². The van der Waals surface area contributed by atoms with Crippen LogP contribution in [-0.2, 0) is 19.6 Å². The quantitative estimate of drug-likeness (QED) is 0.713. The van der Waals surface area contributed by atoms with Gasteiger partial charge in [-0.25, -0.2) is 8.42 Å². The molecule has 0 aliphatic heterocycles. The fourth-order valence-corrected chi connectivity index (χ4v) is 4.08. The standard InChI is InChI=1S/C15H20ClNO4S/c1-3-21-15(18)11(2)10-17(13-6-7-13)22(19,20)14-8-4-12(16)5-9-14/h4-5,8-9,11,13H,3,6-7,10H2,1-2H3. The van der Waals surface area contributed by atoms with E-state index in [1.165, 1.54) is 16.4 Å². The van der Waals surface area contributed by atoms with Crippen LogP contribution in [0.15, 0.2) is 29.2 Å².